The Morgan fingerprint density at radius 1 is 1.71 bits per heavy atom. The second-order valence-corrected chi connectivity index (χ2v) is 4.34. The largest absolute Gasteiger partial charge is 0.509 e. The molecule has 0 fully saturated rings. The van der Waals surface area contributed by atoms with Gasteiger partial charge in [0.2, 0.25) is 0 Å². The first-order valence-corrected chi connectivity index (χ1v) is 5.07. The van der Waals surface area contributed by atoms with Crippen molar-refractivity contribution in [3.8, 4) is 0 Å². The van der Waals surface area contributed by atoms with Crippen molar-refractivity contribution in [2.24, 2.45) is 5.41 Å². The van der Waals surface area contributed by atoms with Crippen molar-refractivity contribution in [3.05, 3.63) is 11.6 Å². The summed E-state index contributed by atoms with van der Waals surface area (Å²) in [4.78, 5) is 11.0. The van der Waals surface area contributed by atoms with E-state index in [1.807, 2.05) is 20.8 Å². The van der Waals surface area contributed by atoms with E-state index in [0.29, 0.717) is 0 Å². The first kappa shape index (κ1) is 11.4. The Hall–Kier alpha value is -0.700. The molecule has 1 aliphatic carbocycles. The van der Waals surface area contributed by atoms with Gasteiger partial charge in [0.25, 0.3) is 0 Å². The summed E-state index contributed by atoms with van der Waals surface area (Å²) in [5, 5.41) is 0. The fourth-order valence-corrected chi connectivity index (χ4v) is 1.82. The molecule has 14 heavy (non-hydrogen) atoms. The van der Waals surface area contributed by atoms with Crippen LogP contribution in [0.5, 0.6) is 0 Å². The third kappa shape index (κ3) is 2.64. The molecule has 0 aliphatic heterocycles. The Balaban J connectivity index is 2.52. The molecule has 0 heterocycles. The van der Waals surface area contributed by atoms with E-state index in [9.17, 15) is 4.79 Å². The number of ether oxygens (including phenoxy) is 2. The molecule has 1 rings (SSSR count). The predicted octanol–water partition coefficient (Wildman–Crippen LogP) is 3.08. The standard InChI is InChI=1S/C10H15ClO3/c1-7-4-8(10(2,3)5-7)14-9(12)13-6-11/h5,8H,4,6H2,1-3H3/t8-/m0/s1. The lowest BCUT2D eigenvalue weighted by molar-refractivity contribution is 0.00430. The smallest absolute Gasteiger partial charge is 0.430 e. The van der Waals surface area contributed by atoms with Gasteiger partial charge in [0.1, 0.15) is 6.10 Å². The van der Waals surface area contributed by atoms with Gasteiger partial charge < -0.3 is 9.47 Å². The monoisotopic (exact) mass is 218 g/mol. The second kappa shape index (κ2) is 4.22. The molecule has 4 heteroatoms. The van der Waals surface area contributed by atoms with Crippen molar-refractivity contribution in [2.45, 2.75) is 33.3 Å². The summed E-state index contributed by atoms with van der Waals surface area (Å²) in [6.45, 7) is 6.09. The molecule has 80 valence electrons. The lowest BCUT2D eigenvalue weighted by atomic mass is 9.90. The van der Waals surface area contributed by atoms with Gasteiger partial charge in [0, 0.05) is 11.8 Å². The highest BCUT2D eigenvalue weighted by atomic mass is 35.5. The number of carbonyl (C=O) groups is 1. The van der Waals surface area contributed by atoms with Crippen molar-refractivity contribution < 1.29 is 14.3 Å². The van der Waals surface area contributed by atoms with E-state index in [4.69, 9.17) is 16.3 Å². The van der Waals surface area contributed by atoms with Gasteiger partial charge in [-0.3, -0.25) is 0 Å². The molecule has 0 aromatic heterocycles. The molecule has 1 aliphatic rings. The number of alkyl halides is 1. The molecular weight excluding hydrogens is 204 g/mol. The quantitative estimate of drug-likeness (QED) is 0.406. The zero-order valence-electron chi connectivity index (χ0n) is 8.67. The Labute approximate surface area is 89.0 Å². The van der Waals surface area contributed by atoms with Crippen molar-refractivity contribution >= 4 is 17.8 Å². The lowest BCUT2D eigenvalue weighted by Gasteiger charge is -2.25. The van der Waals surface area contributed by atoms with E-state index in [2.05, 4.69) is 10.8 Å². The van der Waals surface area contributed by atoms with E-state index in [0.717, 1.165) is 6.42 Å². The molecule has 0 amide bonds. The summed E-state index contributed by atoms with van der Waals surface area (Å²) in [7, 11) is 0. The first-order valence-electron chi connectivity index (χ1n) is 4.53. The second-order valence-electron chi connectivity index (χ2n) is 4.13. The van der Waals surface area contributed by atoms with Crippen LogP contribution in [0.25, 0.3) is 0 Å². The van der Waals surface area contributed by atoms with Crippen LogP contribution in [0.2, 0.25) is 0 Å². The lowest BCUT2D eigenvalue weighted by Crippen LogP contribution is -2.29. The molecule has 0 N–H and O–H groups in total. The molecule has 1 atom stereocenters. The summed E-state index contributed by atoms with van der Waals surface area (Å²) in [5.41, 5.74) is 1.12. The minimum Gasteiger partial charge on any atom is -0.430 e. The van der Waals surface area contributed by atoms with Gasteiger partial charge in [-0.2, -0.15) is 0 Å². The number of hydrogen-bond donors (Lipinski definition) is 0. The van der Waals surface area contributed by atoms with E-state index in [1.165, 1.54) is 5.57 Å². The summed E-state index contributed by atoms with van der Waals surface area (Å²) in [6, 6.07) is -0.168. The van der Waals surface area contributed by atoms with Crippen LogP contribution in [-0.4, -0.2) is 18.3 Å². The van der Waals surface area contributed by atoms with Crippen LogP contribution in [0, 0.1) is 5.41 Å². The SMILES string of the molecule is CC1=CC(C)(C)[C@@H](OC(=O)OCCl)C1. The van der Waals surface area contributed by atoms with Crippen LogP contribution in [0.15, 0.2) is 11.6 Å². The zero-order chi connectivity index (χ0) is 10.8. The maximum atomic E-state index is 11.0. The van der Waals surface area contributed by atoms with E-state index >= 15 is 0 Å². The van der Waals surface area contributed by atoms with E-state index in [1.54, 1.807) is 0 Å². The molecule has 0 unspecified atom stereocenters. The normalized spacial score (nSPS) is 24.3. The van der Waals surface area contributed by atoms with Crippen molar-refractivity contribution in [1.82, 2.24) is 0 Å². The minimum absolute atomic E-state index is 0.116. The third-order valence-electron chi connectivity index (χ3n) is 2.37. The van der Waals surface area contributed by atoms with Crippen LogP contribution < -0.4 is 0 Å². The Kier molecular flexibility index (Phi) is 3.43. The van der Waals surface area contributed by atoms with E-state index < -0.39 is 6.16 Å². The van der Waals surface area contributed by atoms with Gasteiger partial charge >= 0.3 is 6.16 Å². The number of rotatable bonds is 2. The summed E-state index contributed by atoms with van der Waals surface area (Å²) >= 11 is 5.25. The van der Waals surface area contributed by atoms with Crippen molar-refractivity contribution in [3.63, 3.8) is 0 Å². The topological polar surface area (TPSA) is 35.5 Å². The number of halogens is 1. The van der Waals surface area contributed by atoms with Crippen molar-refractivity contribution in [1.29, 1.82) is 0 Å². The van der Waals surface area contributed by atoms with Gasteiger partial charge in [-0.05, 0) is 6.92 Å². The highest BCUT2D eigenvalue weighted by molar-refractivity contribution is 6.17. The Morgan fingerprint density at radius 2 is 2.36 bits per heavy atom. The molecule has 3 nitrogen and oxygen atoms in total. The fraction of sp³-hybridized carbons (Fsp3) is 0.700. The van der Waals surface area contributed by atoms with Crippen molar-refractivity contribution in [2.75, 3.05) is 6.07 Å². The average molecular weight is 219 g/mol. The van der Waals surface area contributed by atoms with Crippen LogP contribution in [0.3, 0.4) is 0 Å². The molecule has 0 saturated carbocycles. The van der Waals surface area contributed by atoms with Crippen LogP contribution in [0.1, 0.15) is 27.2 Å². The maximum Gasteiger partial charge on any atom is 0.509 e. The van der Waals surface area contributed by atoms with Crippen LogP contribution in [-0.2, 0) is 9.47 Å². The number of hydrogen-bond acceptors (Lipinski definition) is 3. The molecular formula is C10H15ClO3. The van der Waals surface area contributed by atoms with Gasteiger partial charge in [-0.15, -0.1) is 0 Å². The Bertz CT molecular complexity index is 258. The molecule has 0 spiro atoms. The third-order valence-corrected chi connectivity index (χ3v) is 2.48. The van der Waals surface area contributed by atoms with Gasteiger partial charge in [0.05, 0.1) is 0 Å². The minimum atomic E-state index is -0.693. The summed E-state index contributed by atoms with van der Waals surface area (Å²) in [6.07, 6.45) is 2.05. The summed E-state index contributed by atoms with van der Waals surface area (Å²) < 4.78 is 9.65. The van der Waals surface area contributed by atoms with Gasteiger partial charge in [-0.1, -0.05) is 37.1 Å². The highest BCUT2D eigenvalue weighted by Gasteiger charge is 2.36. The number of carbonyl (C=O) groups excluding carboxylic acids is 1. The zero-order valence-corrected chi connectivity index (χ0v) is 9.43. The molecule has 0 aromatic carbocycles. The molecule has 0 aromatic rings. The summed E-state index contributed by atoms with van der Waals surface area (Å²) in [5.74, 6) is 0. The molecule has 0 saturated heterocycles. The first-order chi connectivity index (χ1) is 6.45. The van der Waals surface area contributed by atoms with Crippen LogP contribution in [0.4, 0.5) is 4.79 Å². The van der Waals surface area contributed by atoms with Crippen LogP contribution >= 0.6 is 11.6 Å². The Morgan fingerprint density at radius 3 is 2.79 bits per heavy atom. The molecule has 0 bridgehead atoms. The predicted molar refractivity (Wildman–Crippen MR) is 54.2 cm³/mol. The molecule has 0 radical (unpaired) electrons. The maximum absolute atomic E-state index is 11.0. The van der Waals surface area contributed by atoms with E-state index in [-0.39, 0.29) is 17.6 Å². The van der Waals surface area contributed by atoms with Gasteiger partial charge in [0.15, 0.2) is 6.07 Å². The average Bonchev–Trinajstić information content (AvgIpc) is 2.25. The highest BCUT2D eigenvalue weighted by Crippen LogP contribution is 2.37. The fourth-order valence-electron chi connectivity index (χ4n) is 1.73. The van der Waals surface area contributed by atoms with Gasteiger partial charge in [-0.25, -0.2) is 4.79 Å².